The normalized spacial score (nSPS) is 13.4. The molecule has 0 atom stereocenters. The summed E-state index contributed by atoms with van der Waals surface area (Å²) in [4.78, 5) is 28.0. The van der Waals surface area contributed by atoms with Crippen molar-refractivity contribution in [1.82, 2.24) is 15.2 Å². The Labute approximate surface area is 137 Å². The lowest BCUT2D eigenvalue weighted by atomic mass is 9.96. The lowest BCUT2D eigenvalue weighted by Crippen LogP contribution is -2.15. The molecule has 0 bridgehead atoms. The lowest BCUT2D eigenvalue weighted by Gasteiger charge is -2.10. The topological polar surface area (TPSA) is 97.0 Å². The minimum atomic E-state index is -0.322. The van der Waals surface area contributed by atoms with Crippen LogP contribution < -0.4 is 5.32 Å². The van der Waals surface area contributed by atoms with E-state index in [2.05, 4.69) is 20.5 Å². The summed E-state index contributed by atoms with van der Waals surface area (Å²) in [6, 6.07) is 0. The number of amides is 1. The maximum Gasteiger partial charge on any atom is 0.311 e. The first kappa shape index (κ1) is 15.7. The summed E-state index contributed by atoms with van der Waals surface area (Å²) in [5, 5.41) is 12.0. The van der Waals surface area contributed by atoms with Gasteiger partial charge in [-0.3, -0.25) is 20.0 Å². The van der Waals surface area contributed by atoms with Gasteiger partial charge in [-0.1, -0.05) is 0 Å². The van der Waals surface area contributed by atoms with E-state index in [1.54, 1.807) is 12.3 Å². The van der Waals surface area contributed by atoms with Crippen LogP contribution in [0.25, 0.3) is 0 Å². The molecule has 0 unspecified atom stereocenters. The Morgan fingerprint density at radius 2 is 2.22 bits per heavy atom. The third kappa shape index (κ3) is 3.58. The number of aromatic amines is 1. The van der Waals surface area contributed by atoms with E-state index in [0.29, 0.717) is 23.1 Å². The molecule has 2 N–H and O–H groups in total. The van der Waals surface area contributed by atoms with Crippen molar-refractivity contribution >= 4 is 28.3 Å². The fraction of sp³-hybridized carbons (Fsp3) is 0.467. The third-order valence-corrected chi connectivity index (χ3v) is 4.48. The van der Waals surface area contributed by atoms with Crippen molar-refractivity contribution in [2.45, 2.75) is 39.0 Å². The number of rotatable bonds is 5. The Bertz CT molecular complexity index is 722. The molecular weight excluding hydrogens is 316 g/mol. The number of aromatic nitrogens is 3. The zero-order valence-corrected chi connectivity index (χ0v) is 13.7. The number of nitrogens with zero attached hydrogens (tertiary/aromatic N) is 2. The van der Waals surface area contributed by atoms with Crippen LogP contribution in [0.3, 0.4) is 0 Å². The smallest absolute Gasteiger partial charge is 0.311 e. The summed E-state index contributed by atoms with van der Waals surface area (Å²) in [6.07, 6.45) is 4.13. The third-order valence-electron chi connectivity index (χ3n) is 3.67. The van der Waals surface area contributed by atoms with Gasteiger partial charge in [-0.05, 0) is 32.6 Å². The number of esters is 1. The largest absolute Gasteiger partial charge is 0.466 e. The van der Waals surface area contributed by atoms with Gasteiger partial charge in [0.1, 0.15) is 0 Å². The summed E-state index contributed by atoms with van der Waals surface area (Å²) in [5.74, 6) is -0.585. The zero-order valence-electron chi connectivity index (χ0n) is 12.8. The number of ether oxygens (including phenoxy) is 1. The molecule has 2 aromatic heterocycles. The molecule has 3 rings (SSSR count). The van der Waals surface area contributed by atoms with E-state index in [4.69, 9.17) is 4.74 Å². The van der Waals surface area contributed by atoms with Crippen molar-refractivity contribution in [2.24, 2.45) is 0 Å². The number of aryl methyl sites for hydroxylation is 1. The van der Waals surface area contributed by atoms with E-state index in [-0.39, 0.29) is 18.3 Å². The summed E-state index contributed by atoms with van der Waals surface area (Å²) in [6.45, 7) is 2.10. The van der Waals surface area contributed by atoms with Crippen LogP contribution in [0.5, 0.6) is 0 Å². The molecule has 8 heteroatoms. The fourth-order valence-corrected chi connectivity index (χ4v) is 3.34. The van der Waals surface area contributed by atoms with Crippen molar-refractivity contribution in [2.75, 3.05) is 11.9 Å². The van der Waals surface area contributed by atoms with Crippen LogP contribution in [0.4, 0.5) is 5.13 Å². The number of carbonyl (C=O) groups is 2. The second-order valence-electron chi connectivity index (χ2n) is 5.32. The molecule has 0 aromatic carbocycles. The monoisotopic (exact) mass is 334 g/mol. The minimum absolute atomic E-state index is 0.109. The second kappa shape index (κ2) is 6.91. The van der Waals surface area contributed by atoms with Gasteiger partial charge in [-0.25, -0.2) is 4.98 Å². The van der Waals surface area contributed by atoms with Crippen molar-refractivity contribution < 1.29 is 14.3 Å². The van der Waals surface area contributed by atoms with Gasteiger partial charge >= 0.3 is 5.97 Å². The maximum absolute atomic E-state index is 12.4. The van der Waals surface area contributed by atoms with Crippen molar-refractivity contribution in [3.05, 3.63) is 28.0 Å². The fourth-order valence-electron chi connectivity index (χ4n) is 2.63. The van der Waals surface area contributed by atoms with Crippen LogP contribution >= 0.6 is 11.3 Å². The Kier molecular flexibility index (Phi) is 4.71. The number of carbonyl (C=O) groups excluding carboxylic acids is 2. The summed E-state index contributed by atoms with van der Waals surface area (Å²) in [5.41, 5.74) is 3.11. The summed E-state index contributed by atoms with van der Waals surface area (Å²) in [7, 11) is 0. The van der Waals surface area contributed by atoms with Crippen LogP contribution in [0.2, 0.25) is 0 Å². The Balaban J connectivity index is 1.65. The standard InChI is InChI=1S/C15H18N4O3S/c1-2-22-12(20)7-9-8-23-15(16-9)17-14(21)13-10-5-3-4-6-11(10)18-19-13/h8H,2-7H2,1H3,(H,18,19)(H,16,17,21). The maximum atomic E-state index is 12.4. The number of fused-ring (bicyclic) bond motifs is 1. The predicted molar refractivity (Wildman–Crippen MR) is 85.6 cm³/mol. The van der Waals surface area contributed by atoms with Crippen molar-refractivity contribution in [3.63, 3.8) is 0 Å². The predicted octanol–water partition coefficient (Wildman–Crippen LogP) is 2.10. The van der Waals surface area contributed by atoms with Gasteiger partial charge < -0.3 is 4.74 Å². The quantitative estimate of drug-likeness (QED) is 0.816. The van der Waals surface area contributed by atoms with Crippen molar-refractivity contribution in [1.29, 1.82) is 0 Å². The van der Waals surface area contributed by atoms with E-state index in [1.807, 2.05) is 0 Å². The minimum Gasteiger partial charge on any atom is -0.466 e. The number of nitrogens with one attached hydrogen (secondary N) is 2. The van der Waals surface area contributed by atoms with Gasteiger partial charge in [0.25, 0.3) is 5.91 Å². The molecule has 1 aliphatic rings. The molecule has 7 nitrogen and oxygen atoms in total. The highest BCUT2D eigenvalue weighted by atomic mass is 32.1. The van der Waals surface area contributed by atoms with E-state index < -0.39 is 0 Å². The molecule has 0 saturated carbocycles. The van der Waals surface area contributed by atoms with E-state index in [1.165, 1.54) is 11.3 Å². The van der Waals surface area contributed by atoms with Crippen LogP contribution in [0, 0.1) is 0 Å². The molecule has 23 heavy (non-hydrogen) atoms. The molecule has 0 radical (unpaired) electrons. The number of hydrogen-bond donors (Lipinski definition) is 2. The number of anilines is 1. The van der Waals surface area contributed by atoms with Crippen LogP contribution in [-0.2, 0) is 28.8 Å². The highest BCUT2D eigenvalue weighted by molar-refractivity contribution is 7.14. The van der Waals surface area contributed by atoms with Gasteiger partial charge in [0, 0.05) is 16.6 Å². The molecule has 1 aliphatic carbocycles. The molecule has 0 saturated heterocycles. The number of hydrogen-bond acceptors (Lipinski definition) is 6. The van der Waals surface area contributed by atoms with E-state index in [9.17, 15) is 9.59 Å². The Hall–Kier alpha value is -2.22. The number of thiazole rings is 1. The molecule has 0 spiro atoms. The van der Waals surface area contributed by atoms with Crippen LogP contribution in [0.15, 0.2) is 5.38 Å². The Morgan fingerprint density at radius 3 is 3.04 bits per heavy atom. The lowest BCUT2D eigenvalue weighted by molar-refractivity contribution is -0.142. The first-order valence-electron chi connectivity index (χ1n) is 7.65. The molecule has 2 heterocycles. The second-order valence-corrected chi connectivity index (χ2v) is 6.17. The van der Waals surface area contributed by atoms with E-state index in [0.717, 1.165) is 36.9 Å². The van der Waals surface area contributed by atoms with Gasteiger partial charge in [-0.2, -0.15) is 5.10 Å². The number of H-pyrrole nitrogens is 1. The first-order chi connectivity index (χ1) is 11.2. The zero-order chi connectivity index (χ0) is 16.2. The molecular formula is C15H18N4O3S. The van der Waals surface area contributed by atoms with Crippen molar-refractivity contribution in [3.8, 4) is 0 Å². The van der Waals surface area contributed by atoms with Crippen LogP contribution in [0.1, 0.15) is 47.2 Å². The van der Waals surface area contributed by atoms with Gasteiger partial charge in [0.2, 0.25) is 0 Å². The molecule has 0 fully saturated rings. The van der Waals surface area contributed by atoms with Gasteiger partial charge in [-0.15, -0.1) is 11.3 Å². The highest BCUT2D eigenvalue weighted by Crippen LogP contribution is 2.23. The van der Waals surface area contributed by atoms with Gasteiger partial charge in [0.05, 0.1) is 18.7 Å². The molecule has 0 aliphatic heterocycles. The SMILES string of the molecule is CCOC(=O)Cc1csc(NC(=O)c2n[nH]c3c2CCCC3)n1. The van der Waals surface area contributed by atoms with Gasteiger partial charge in [0.15, 0.2) is 10.8 Å². The molecule has 2 aromatic rings. The highest BCUT2D eigenvalue weighted by Gasteiger charge is 2.22. The molecule has 1 amide bonds. The summed E-state index contributed by atoms with van der Waals surface area (Å²) >= 11 is 1.28. The summed E-state index contributed by atoms with van der Waals surface area (Å²) < 4.78 is 4.88. The van der Waals surface area contributed by atoms with E-state index >= 15 is 0 Å². The first-order valence-corrected chi connectivity index (χ1v) is 8.52. The average molecular weight is 334 g/mol. The Morgan fingerprint density at radius 1 is 1.39 bits per heavy atom. The molecule has 122 valence electrons. The average Bonchev–Trinajstić information content (AvgIpc) is 3.14. The van der Waals surface area contributed by atoms with Crippen LogP contribution in [-0.4, -0.2) is 33.7 Å².